The van der Waals surface area contributed by atoms with Gasteiger partial charge >= 0.3 is 11.9 Å². The Bertz CT molecular complexity index is 1220. The van der Waals surface area contributed by atoms with E-state index in [4.69, 9.17) is 9.47 Å². The lowest BCUT2D eigenvalue weighted by Gasteiger charge is -2.21. The number of hydrogen-bond acceptors (Lipinski definition) is 9. The third kappa shape index (κ3) is 6.67. The predicted molar refractivity (Wildman–Crippen MR) is 143 cm³/mol. The van der Waals surface area contributed by atoms with E-state index >= 15 is 0 Å². The fourth-order valence-corrected chi connectivity index (χ4v) is 4.60. The fourth-order valence-electron chi connectivity index (χ4n) is 3.80. The fraction of sp³-hybridized carbons (Fsp3) is 0.346. The minimum absolute atomic E-state index is 0.0506. The number of aromatic nitrogens is 3. The molecule has 0 aliphatic rings. The number of thioether (sulfide) groups is 1. The van der Waals surface area contributed by atoms with Crippen LogP contribution in [0.4, 0.5) is 11.4 Å². The summed E-state index contributed by atoms with van der Waals surface area (Å²) in [6.45, 7) is 8.74. The standard InChI is InChI=1S/C26H31N5O5S/c1-6-30(7-2)21-11-9-17(10-12-21)23-28-29-26(31(23)8-3)37-16-22(32)27-20-14-18(24(33)35-4)13-19(15-20)25(34)36-5/h9-15H,6-8,16H2,1-5H3,(H,27,32). The Balaban J connectivity index is 1.73. The summed E-state index contributed by atoms with van der Waals surface area (Å²) in [6, 6.07) is 12.4. The lowest BCUT2D eigenvalue weighted by molar-refractivity contribution is -0.113. The Labute approximate surface area is 220 Å². The summed E-state index contributed by atoms with van der Waals surface area (Å²) in [5.74, 6) is -0.827. The highest BCUT2D eigenvalue weighted by atomic mass is 32.2. The number of ether oxygens (including phenoxy) is 2. The zero-order valence-corrected chi connectivity index (χ0v) is 22.4. The van der Waals surface area contributed by atoms with Gasteiger partial charge in [-0.25, -0.2) is 9.59 Å². The molecular formula is C26H31N5O5S. The Kier molecular flexibility index (Phi) is 9.67. The van der Waals surface area contributed by atoms with Gasteiger partial charge in [-0.2, -0.15) is 0 Å². The van der Waals surface area contributed by atoms with Crippen LogP contribution in [0.2, 0.25) is 0 Å². The number of methoxy groups -OCH3 is 2. The van der Waals surface area contributed by atoms with E-state index in [2.05, 4.69) is 46.4 Å². The molecule has 11 heteroatoms. The van der Waals surface area contributed by atoms with Gasteiger partial charge in [0.15, 0.2) is 11.0 Å². The van der Waals surface area contributed by atoms with Crippen LogP contribution in [-0.4, -0.2) is 65.7 Å². The molecule has 0 radical (unpaired) electrons. The number of rotatable bonds is 11. The van der Waals surface area contributed by atoms with Gasteiger partial charge < -0.3 is 24.3 Å². The summed E-state index contributed by atoms with van der Waals surface area (Å²) < 4.78 is 11.4. The molecule has 1 N–H and O–H groups in total. The minimum atomic E-state index is -0.635. The minimum Gasteiger partial charge on any atom is -0.465 e. The molecule has 3 rings (SSSR count). The highest BCUT2D eigenvalue weighted by molar-refractivity contribution is 7.99. The lowest BCUT2D eigenvalue weighted by atomic mass is 10.1. The molecule has 0 aliphatic heterocycles. The van der Waals surface area contributed by atoms with Crippen molar-refractivity contribution < 1.29 is 23.9 Å². The van der Waals surface area contributed by atoms with Gasteiger partial charge in [0.25, 0.3) is 0 Å². The molecule has 2 aromatic carbocycles. The molecule has 10 nitrogen and oxygen atoms in total. The van der Waals surface area contributed by atoms with E-state index in [0.717, 1.165) is 30.2 Å². The van der Waals surface area contributed by atoms with Gasteiger partial charge in [0.05, 0.1) is 31.1 Å². The van der Waals surface area contributed by atoms with Crippen molar-refractivity contribution in [3.63, 3.8) is 0 Å². The highest BCUT2D eigenvalue weighted by Crippen LogP contribution is 2.26. The van der Waals surface area contributed by atoms with E-state index in [1.54, 1.807) is 0 Å². The van der Waals surface area contributed by atoms with Crippen LogP contribution >= 0.6 is 11.8 Å². The SMILES string of the molecule is CCN(CC)c1ccc(-c2nnc(SCC(=O)Nc3cc(C(=O)OC)cc(C(=O)OC)c3)n2CC)cc1. The Morgan fingerprint density at radius 2 is 1.51 bits per heavy atom. The van der Waals surface area contributed by atoms with E-state index in [1.807, 2.05) is 23.6 Å². The number of amides is 1. The van der Waals surface area contributed by atoms with Crippen LogP contribution < -0.4 is 10.2 Å². The van der Waals surface area contributed by atoms with Gasteiger partial charge in [-0.15, -0.1) is 10.2 Å². The van der Waals surface area contributed by atoms with Gasteiger partial charge in [0, 0.05) is 36.6 Å². The molecular weight excluding hydrogens is 494 g/mol. The topological polar surface area (TPSA) is 116 Å². The maximum atomic E-state index is 12.7. The number of carbonyl (C=O) groups is 3. The zero-order chi connectivity index (χ0) is 26.9. The summed E-state index contributed by atoms with van der Waals surface area (Å²) in [7, 11) is 2.47. The van der Waals surface area contributed by atoms with Crippen molar-refractivity contribution in [2.75, 3.05) is 43.3 Å². The zero-order valence-electron chi connectivity index (χ0n) is 21.6. The lowest BCUT2D eigenvalue weighted by Crippen LogP contribution is -2.21. The third-order valence-corrected chi connectivity index (χ3v) is 6.65. The van der Waals surface area contributed by atoms with Crippen molar-refractivity contribution in [2.45, 2.75) is 32.5 Å². The maximum absolute atomic E-state index is 12.7. The molecule has 1 amide bonds. The molecule has 0 fully saturated rings. The van der Waals surface area contributed by atoms with Crippen LogP contribution in [0.25, 0.3) is 11.4 Å². The van der Waals surface area contributed by atoms with E-state index in [1.165, 1.54) is 44.2 Å². The molecule has 3 aromatic rings. The number of hydrogen-bond donors (Lipinski definition) is 1. The van der Waals surface area contributed by atoms with Crippen LogP contribution in [0, 0.1) is 0 Å². The molecule has 0 saturated carbocycles. The molecule has 0 saturated heterocycles. The number of esters is 2. The Hall–Kier alpha value is -3.86. The second-order valence-corrected chi connectivity index (χ2v) is 8.83. The quantitative estimate of drug-likeness (QED) is 0.292. The van der Waals surface area contributed by atoms with Gasteiger partial charge in [-0.05, 0) is 63.2 Å². The first kappa shape index (κ1) is 27.7. The van der Waals surface area contributed by atoms with Gasteiger partial charge in [-0.3, -0.25) is 4.79 Å². The first-order valence-corrected chi connectivity index (χ1v) is 12.9. The van der Waals surface area contributed by atoms with E-state index in [0.29, 0.717) is 11.7 Å². The third-order valence-electron chi connectivity index (χ3n) is 5.68. The average molecular weight is 526 g/mol. The second-order valence-electron chi connectivity index (χ2n) is 7.89. The van der Waals surface area contributed by atoms with Crippen molar-refractivity contribution in [1.82, 2.24) is 14.8 Å². The van der Waals surface area contributed by atoms with Gasteiger partial charge in [0.1, 0.15) is 0 Å². The summed E-state index contributed by atoms with van der Waals surface area (Å²) >= 11 is 1.25. The normalized spacial score (nSPS) is 10.6. The Morgan fingerprint density at radius 1 is 0.919 bits per heavy atom. The van der Waals surface area contributed by atoms with Crippen molar-refractivity contribution in [3.05, 3.63) is 53.6 Å². The molecule has 196 valence electrons. The smallest absolute Gasteiger partial charge is 0.337 e. The number of nitrogens with one attached hydrogen (secondary N) is 1. The van der Waals surface area contributed by atoms with E-state index in [9.17, 15) is 14.4 Å². The largest absolute Gasteiger partial charge is 0.465 e. The van der Waals surface area contributed by atoms with Crippen LogP contribution in [0.3, 0.4) is 0 Å². The monoisotopic (exact) mass is 525 g/mol. The summed E-state index contributed by atoms with van der Waals surface area (Å²) in [4.78, 5) is 38.9. The van der Waals surface area contributed by atoms with Gasteiger partial charge in [0.2, 0.25) is 5.91 Å². The highest BCUT2D eigenvalue weighted by Gasteiger charge is 2.17. The molecule has 0 atom stereocenters. The number of anilines is 2. The maximum Gasteiger partial charge on any atom is 0.337 e. The predicted octanol–water partition coefficient (Wildman–Crippen LogP) is 4.12. The molecule has 37 heavy (non-hydrogen) atoms. The average Bonchev–Trinajstić information content (AvgIpc) is 3.34. The summed E-state index contributed by atoms with van der Waals surface area (Å²) in [5.41, 5.74) is 2.61. The molecule has 0 aliphatic carbocycles. The van der Waals surface area contributed by atoms with Crippen LogP contribution in [0.1, 0.15) is 41.5 Å². The number of carbonyl (C=O) groups excluding carboxylic acids is 3. The molecule has 1 heterocycles. The van der Waals surface area contributed by atoms with E-state index in [-0.39, 0.29) is 28.5 Å². The van der Waals surface area contributed by atoms with Crippen LogP contribution in [-0.2, 0) is 20.8 Å². The molecule has 0 unspecified atom stereocenters. The van der Waals surface area contributed by atoms with Crippen LogP contribution in [0.15, 0.2) is 47.6 Å². The van der Waals surface area contributed by atoms with Crippen molar-refractivity contribution >= 4 is 41.0 Å². The number of benzene rings is 2. The summed E-state index contributed by atoms with van der Waals surface area (Å²) in [5, 5.41) is 12.0. The first-order valence-electron chi connectivity index (χ1n) is 11.9. The first-order chi connectivity index (χ1) is 17.8. The Morgan fingerprint density at radius 3 is 2.03 bits per heavy atom. The van der Waals surface area contributed by atoms with Gasteiger partial charge in [-0.1, -0.05) is 11.8 Å². The summed E-state index contributed by atoms with van der Waals surface area (Å²) in [6.07, 6.45) is 0. The van der Waals surface area contributed by atoms with Crippen molar-refractivity contribution in [1.29, 1.82) is 0 Å². The molecule has 1 aromatic heterocycles. The van der Waals surface area contributed by atoms with Crippen LogP contribution in [0.5, 0.6) is 0 Å². The molecule has 0 bridgehead atoms. The molecule has 0 spiro atoms. The number of nitrogens with zero attached hydrogens (tertiary/aromatic N) is 4. The van der Waals surface area contributed by atoms with E-state index < -0.39 is 11.9 Å². The second kappa shape index (κ2) is 12.9. The van der Waals surface area contributed by atoms with Crippen molar-refractivity contribution in [3.8, 4) is 11.4 Å². The van der Waals surface area contributed by atoms with Crippen molar-refractivity contribution in [2.24, 2.45) is 0 Å².